The highest BCUT2D eigenvalue weighted by Crippen LogP contribution is 2.38. The number of fused-ring (bicyclic) bond motifs is 1. The normalized spacial score (nSPS) is 19.9. The Labute approximate surface area is 124 Å². The number of hydroxylamine groups is 1. The van der Waals surface area contributed by atoms with Gasteiger partial charge in [0.2, 0.25) is 0 Å². The van der Waals surface area contributed by atoms with Crippen LogP contribution in [0.3, 0.4) is 0 Å². The Morgan fingerprint density at radius 3 is 2.71 bits per heavy atom. The lowest BCUT2D eigenvalue weighted by Gasteiger charge is -2.15. The highest BCUT2D eigenvalue weighted by atomic mass is 16.6. The molecule has 21 heavy (non-hydrogen) atoms. The van der Waals surface area contributed by atoms with E-state index < -0.39 is 0 Å². The molecule has 0 radical (unpaired) electrons. The second-order valence-corrected chi connectivity index (χ2v) is 5.10. The molecule has 0 spiro atoms. The number of hydrogen-bond donors (Lipinski definition) is 1. The third-order valence-electron chi connectivity index (χ3n) is 3.59. The van der Waals surface area contributed by atoms with E-state index in [1.165, 1.54) is 0 Å². The third-order valence-corrected chi connectivity index (χ3v) is 3.59. The monoisotopic (exact) mass is 285 g/mol. The van der Waals surface area contributed by atoms with Gasteiger partial charge in [-0.2, -0.15) is 5.48 Å². The van der Waals surface area contributed by atoms with Gasteiger partial charge in [-0.05, 0) is 30.7 Å². The maximum atomic E-state index is 5.85. The van der Waals surface area contributed by atoms with Crippen molar-refractivity contribution in [1.82, 2.24) is 5.48 Å². The van der Waals surface area contributed by atoms with Crippen LogP contribution in [0.25, 0.3) is 0 Å². The van der Waals surface area contributed by atoms with E-state index in [1.54, 1.807) is 7.11 Å². The molecule has 3 rings (SSSR count). The predicted molar refractivity (Wildman–Crippen MR) is 80.2 cm³/mol. The van der Waals surface area contributed by atoms with Crippen LogP contribution in [-0.4, -0.2) is 13.2 Å². The summed E-state index contributed by atoms with van der Waals surface area (Å²) in [6.45, 7) is 2.57. The fraction of sp³-hybridized carbons (Fsp3) is 0.294. The Morgan fingerprint density at radius 1 is 1.14 bits per heavy atom. The van der Waals surface area contributed by atoms with Gasteiger partial charge in [-0.3, -0.25) is 0 Å². The van der Waals surface area contributed by atoms with Gasteiger partial charge in [-0.1, -0.05) is 30.3 Å². The first kappa shape index (κ1) is 13.9. The largest absolute Gasteiger partial charge is 0.489 e. The van der Waals surface area contributed by atoms with E-state index >= 15 is 0 Å². The summed E-state index contributed by atoms with van der Waals surface area (Å²) in [5.74, 6) is 1.71. The Kier molecular flexibility index (Phi) is 4.08. The van der Waals surface area contributed by atoms with E-state index in [1.807, 2.05) is 55.5 Å². The number of nitrogens with one attached hydrogen (secondary N) is 1. The Hall–Kier alpha value is -2.04. The summed E-state index contributed by atoms with van der Waals surface area (Å²) in [6, 6.07) is 16.0. The quantitative estimate of drug-likeness (QED) is 0.856. The number of benzene rings is 2. The van der Waals surface area contributed by atoms with Crippen molar-refractivity contribution in [1.29, 1.82) is 0 Å². The van der Waals surface area contributed by atoms with Crippen molar-refractivity contribution in [3.8, 4) is 11.5 Å². The van der Waals surface area contributed by atoms with Crippen molar-refractivity contribution in [2.24, 2.45) is 0 Å². The molecule has 110 valence electrons. The summed E-state index contributed by atoms with van der Waals surface area (Å²) < 4.78 is 11.6. The molecular formula is C17H19NO3. The minimum atomic E-state index is 0.0188. The van der Waals surface area contributed by atoms with Crippen LogP contribution in [0.2, 0.25) is 0 Å². The van der Waals surface area contributed by atoms with Gasteiger partial charge in [0.25, 0.3) is 0 Å². The van der Waals surface area contributed by atoms with Crippen molar-refractivity contribution in [3.05, 3.63) is 59.7 Å². The van der Waals surface area contributed by atoms with E-state index in [0.29, 0.717) is 6.61 Å². The molecule has 4 heteroatoms. The average molecular weight is 285 g/mol. The van der Waals surface area contributed by atoms with E-state index in [0.717, 1.165) is 22.6 Å². The first-order valence-electron chi connectivity index (χ1n) is 7.04. The molecule has 4 nitrogen and oxygen atoms in total. The van der Waals surface area contributed by atoms with E-state index in [-0.39, 0.29) is 12.1 Å². The second kappa shape index (κ2) is 6.16. The standard InChI is InChI=1S/C17H19NO3/c1-12-17(18-19-2)15-10-14(8-9-16(15)21-12)20-11-13-6-4-3-5-7-13/h3-10,12,17-18H,11H2,1-2H3. The van der Waals surface area contributed by atoms with Crippen LogP contribution in [-0.2, 0) is 11.4 Å². The van der Waals surface area contributed by atoms with Crippen LogP contribution in [0.15, 0.2) is 48.5 Å². The average Bonchev–Trinajstić information content (AvgIpc) is 2.82. The van der Waals surface area contributed by atoms with Gasteiger partial charge in [0.15, 0.2) is 0 Å². The molecule has 2 unspecified atom stereocenters. The highest BCUT2D eigenvalue weighted by Gasteiger charge is 2.31. The van der Waals surface area contributed by atoms with Crippen molar-refractivity contribution in [2.75, 3.05) is 7.11 Å². The number of hydrogen-bond acceptors (Lipinski definition) is 4. The fourth-order valence-corrected chi connectivity index (χ4v) is 2.52. The molecule has 0 bridgehead atoms. The van der Waals surface area contributed by atoms with Crippen molar-refractivity contribution >= 4 is 0 Å². The fourth-order valence-electron chi connectivity index (χ4n) is 2.52. The molecule has 1 aliphatic rings. The Bertz CT molecular complexity index is 600. The van der Waals surface area contributed by atoms with Gasteiger partial charge in [-0.25, -0.2) is 0 Å². The first-order chi connectivity index (χ1) is 10.3. The minimum Gasteiger partial charge on any atom is -0.489 e. The lowest BCUT2D eigenvalue weighted by Crippen LogP contribution is -2.27. The van der Waals surface area contributed by atoms with Gasteiger partial charge in [0.1, 0.15) is 24.2 Å². The highest BCUT2D eigenvalue weighted by molar-refractivity contribution is 5.45. The summed E-state index contributed by atoms with van der Waals surface area (Å²) in [6.07, 6.45) is 0.0318. The van der Waals surface area contributed by atoms with Crippen molar-refractivity contribution < 1.29 is 14.3 Å². The molecule has 0 amide bonds. The van der Waals surface area contributed by atoms with Crippen LogP contribution in [0.5, 0.6) is 11.5 Å². The molecule has 0 saturated carbocycles. The SMILES string of the molecule is CONC1c2cc(OCc3ccccc3)ccc2OC1C. The zero-order valence-electron chi connectivity index (χ0n) is 12.2. The molecule has 1 heterocycles. The second-order valence-electron chi connectivity index (χ2n) is 5.10. The van der Waals surface area contributed by atoms with Crippen LogP contribution in [0.4, 0.5) is 0 Å². The van der Waals surface area contributed by atoms with Gasteiger partial charge in [0, 0.05) is 5.56 Å². The van der Waals surface area contributed by atoms with Crippen molar-refractivity contribution in [3.63, 3.8) is 0 Å². The molecule has 2 atom stereocenters. The lowest BCUT2D eigenvalue weighted by atomic mass is 10.1. The first-order valence-corrected chi connectivity index (χ1v) is 7.04. The Morgan fingerprint density at radius 2 is 1.95 bits per heavy atom. The van der Waals surface area contributed by atoms with Crippen LogP contribution in [0.1, 0.15) is 24.1 Å². The zero-order chi connectivity index (χ0) is 14.7. The lowest BCUT2D eigenvalue weighted by molar-refractivity contribution is 0.0339. The van der Waals surface area contributed by atoms with Gasteiger partial charge < -0.3 is 14.3 Å². The third kappa shape index (κ3) is 3.01. The molecular weight excluding hydrogens is 266 g/mol. The molecule has 1 N–H and O–H groups in total. The predicted octanol–water partition coefficient (Wildman–Crippen LogP) is 3.24. The molecule has 0 aliphatic carbocycles. The van der Waals surface area contributed by atoms with E-state index in [4.69, 9.17) is 14.3 Å². The van der Waals surface area contributed by atoms with Crippen LogP contribution >= 0.6 is 0 Å². The smallest absolute Gasteiger partial charge is 0.125 e. The van der Waals surface area contributed by atoms with Crippen LogP contribution in [0, 0.1) is 0 Å². The molecule has 2 aromatic carbocycles. The molecule has 0 saturated heterocycles. The summed E-state index contributed by atoms with van der Waals surface area (Å²) in [5, 5.41) is 0. The van der Waals surface area contributed by atoms with Gasteiger partial charge in [-0.15, -0.1) is 0 Å². The summed E-state index contributed by atoms with van der Waals surface area (Å²) in [5.41, 5.74) is 5.18. The zero-order valence-corrected chi connectivity index (χ0v) is 12.2. The summed E-state index contributed by atoms with van der Waals surface area (Å²) in [4.78, 5) is 5.05. The maximum absolute atomic E-state index is 5.85. The molecule has 0 fully saturated rings. The van der Waals surface area contributed by atoms with Gasteiger partial charge in [0.05, 0.1) is 13.2 Å². The maximum Gasteiger partial charge on any atom is 0.125 e. The summed E-state index contributed by atoms with van der Waals surface area (Å²) in [7, 11) is 1.61. The van der Waals surface area contributed by atoms with Crippen molar-refractivity contribution in [2.45, 2.75) is 25.7 Å². The molecule has 0 aromatic heterocycles. The Balaban J connectivity index is 1.74. The van der Waals surface area contributed by atoms with E-state index in [9.17, 15) is 0 Å². The summed E-state index contributed by atoms with van der Waals surface area (Å²) >= 11 is 0. The van der Waals surface area contributed by atoms with E-state index in [2.05, 4.69) is 5.48 Å². The van der Waals surface area contributed by atoms with Gasteiger partial charge >= 0.3 is 0 Å². The molecule has 1 aliphatic heterocycles. The minimum absolute atomic E-state index is 0.0188. The number of rotatable bonds is 5. The molecule has 2 aromatic rings. The number of ether oxygens (including phenoxy) is 2. The van der Waals surface area contributed by atoms with Crippen LogP contribution < -0.4 is 15.0 Å². The topological polar surface area (TPSA) is 39.7 Å².